The highest BCUT2D eigenvalue weighted by atomic mass is 79.9. The van der Waals surface area contributed by atoms with Gasteiger partial charge in [-0.3, -0.25) is 4.79 Å². The van der Waals surface area contributed by atoms with E-state index in [4.69, 9.17) is 4.74 Å². The zero-order valence-corrected chi connectivity index (χ0v) is 20.0. The molecule has 0 bridgehead atoms. The van der Waals surface area contributed by atoms with Crippen LogP contribution in [0.1, 0.15) is 97.3 Å². The molecule has 0 aromatic heterocycles. The van der Waals surface area contributed by atoms with Gasteiger partial charge in [-0.25, -0.2) is 4.79 Å². The van der Waals surface area contributed by atoms with Gasteiger partial charge in [-0.1, -0.05) is 78.1 Å². The van der Waals surface area contributed by atoms with Crippen LogP contribution in [0.5, 0.6) is 0 Å². The van der Waals surface area contributed by atoms with E-state index < -0.39 is 5.97 Å². The van der Waals surface area contributed by atoms with Gasteiger partial charge < -0.3 is 14.7 Å². The van der Waals surface area contributed by atoms with Crippen LogP contribution >= 0.6 is 17.0 Å². The Morgan fingerprint density at radius 2 is 1.52 bits per heavy atom. The summed E-state index contributed by atoms with van der Waals surface area (Å²) in [7, 11) is 0. The smallest absolute Gasteiger partial charge is 0.333 e. The Morgan fingerprint density at radius 3 is 2.03 bits per heavy atom. The second-order valence-corrected chi connectivity index (χ2v) is 7.66. The average molecular weight is 474 g/mol. The van der Waals surface area contributed by atoms with Crippen molar-refractivity contribution in [2.24, 2.45) is 0 Å². The molecule has 0 atom stereocenters. The lowest BCUT2D eigenvalue weighted by molar-refractivity contribution is -0.147. The topological polar surface area (TPSA) is 66.8 Å². The molecule has 0 aromatic carbocycles. The Bertz CT molecular complexity index is 531. The van der Waals surface area contributed by atoms with E-state index in [1.165, 1.54) is 57.8 Å². The van der Waals surface area contributed by atoms with Crippen molar-refractivity contribution in [1.82, 2.24) is 4.90 Å². The van der Waals surface area contributed by atoms with Crippen molar-refractivity contribution in [2.45, 2.75) is 97.3 Å². The molecular formula is C23H40BrNO4. The first-order chi connectivity index (χ1) is 13.6. The van der Waals surface area contributed by atoms with Gasteiger partial charge in [0.15, 0.2) is 6.73 Å². The van der Waals surface area contributed by atoms with Gasteiger partial charge in [0, 0.05) is 12.6 Å². The largest absolute Gasteiger partial charge is 0.478 e. The van der Waals surface area contributed by atoms with Crippen molar-refractivity contribution >= 4 is 28.9 Å². The number of aliphatic carboxylic acids is 1. The Morgan fingerprint density at radius 1 is 0.966 bits per heavy atom. The third-order valence-electron chi connectivity index (χ3n) is 5.25. The van der Waals surface area contributed by atoms with E-state index >= 15 is 0 Å². The van der Waals surface area contributed by atoms with Crippen molar-refractivity contribution < 1.29 is 19.4 Å². The Hall–Kier alpha value is -1.30. The van der Waals surface area contributed by atoms with Gasteiger partial charge in [-0.05, 0) is 24.5 Å². The normalized spacial score (nSPS) is 13.4. The zero-order valence-electron chi connectivity index (χ0n) is 18.3. The second-order valence-electron chi connectivity index (χ2n) is 7.66. The summed E-state index contributed by atoms with van der Waals surface area (Å²) in [4.78, 5) is 24.9. The van der Waals surface area contributed by atoms with Gasteiger partial charge in [0.1, 0.15) is 0 Å². The number of ether oxygens (including phenoxy) is 1. The molecule has 6 heteroatoms. The zero-order chi connectivity index (χ0) is 20.6. The van der Waals surface area contributed by atoms with E-state index in [1.807, 2.05) is 6.92 Å². The quantitative estimate of drug-likeness (QED) is 0.208. The van der Waals surface area contributed by atoms with Crippen LogP contribution in [0.2, 0.25) is 0 Å². The summed E-state index contributed by atoms with van der Waals surface area (Å²) in [6.07, 6.45) is 18.5. The summed E-state index contributed by atoms with van der Waals surface area (Å²) in [6, 6.07) is 0. The molecule has 29 heavy (non-hydrogen) atoms. The van der Waals surface area contributed by atoms with E-state index in [-0.39, 0.29) is 36.2 Å². The highest BCUT2D eigenvalue weighted by molar-refractivity contribution is 8.93. The lowest BCUT2D eigenvalue weighted by Gasteiger charge is -2.25. The van der Waals surface area contributed by atoms with E-state index in [1.54, 1.807) is 17.2 Å². The van der Waals surface area contributed by atoms with Crippen LogP contribution < -0.4 is 0 Å². The lowest BCUT2D eigenvalue weighted by atomic mass is 10.0. The SMILES string of the molecule is Br.CCCCCCCCCCCCCC(=O)OCN1C=CC(CC)=C(C(=O)O)C1. The van der Waals surface area contributed by atoms with Gasteiger partial charge in [-0.15, -0.1) is 17.0 Å². The van der Waals surface area contributed by atoms with E-state index in [0.717, 1.165) is 18.4 Å². The van der Waals surface area contributed by atoms with Crippen molar-refractivity contribution in [1.29, 1.82) is 0 Å². The summed E-state index contributed by atoms with van der Waals surface area (Å²) < 4.78 is 5.29. The number of rotatable bonds is 16. The molecule has 1 heterocycles. The van der Waals surface area contributed by atoms with Crippen molar-refractivity contribution in [3.8, 4) is 0 Å². The fourth-order valence-electron chi connectivity index (χ4n) is 3.44. The van der Waals surface area contributed by atoms with Crippen molar-refractivity contribution in [3.63, 3.8) is 0 Å². The first-order valence-corrected chi connectivity index (χ1v) is 11.1. The molecule has 1 aliphatic rings. The van der Waals surface area contributed by atoms with Crippen molar-refractivity contribution in [2.75, 3.05) is 13.3 Å². The molecule has 0 aliphatic carbocycles. The molecule has 1 N–H and O–H groups in total. The van der Waals surface area contributed by atoms with E-state index in [0.29, 0.717) is 18.4 Å². The van der Waals surface area contributed by atoms with Gasteiger partial charge in [0.2, 0.25) is 0 Å². The predicted octanol–water partition coefficient (Wildman–Crippen LogP) is 6.39. The van der Waals surface area contributed by atoms with Gasteiger partial charge in [0.05, 0.1) is 12.1 Å². The van der Waals surface area contributed by atoms with Crippen LogP contribution in [0.25, 0.3) is 0 Å². The number of hydrogen-bond donors (Lipinski definition) is 1. The van der Waals surface area contributed by atoms with Gasteiger partial charge in [0.25, 0.3) is 0 Å². The lowest BCUT2D eigenvalue weighted by Crippen LogP contribution is -2.30. The molecule has 0 radical (unpaired) electrons. The highest BCUT2D eigenvalue weighted by Gasteiger charge is 2.19. The number of hydrogen-bond acceptors (Lipinski definition) is 4. The third-order valence-corrected chi connectivity index (χ3v) is 5.25. The first kappa shape index (κ1) is 27.7. The van der Waals surface area contributed by atoms with Crippen LogP contribution in [0.4, 0.5) is 0 Å². The minimum absolute atomic E-state index is 0. The number of carbonyl (C=O) groups is 2. The number of esters is 1. The van der Waals surface area contributed by atoms with E-state index in [2.05, 4.69) is 6.92 Å². The van der Waals surface area contributed by atoms with E-state index in [9.17, 15) is 14.7 Å². The molecule has 168 valence electrons. The average Bonchev–Trinajstić information content (AvgIpc) is 2.70. The molecule has 0 saturated heterocycles. The Kier molecular flexibility index (Phi) is 16.8. The van der Waals surface area contributed by atoms with Gasteiger partial charge >= 0.3 is 11.9 Å². The molecule has 0 unspecified atom stereocenters. The molecule has 5 nitrogen and oxygen atoms in total. The summed E-state index contributed by atoms with van der Waals surface area (Å²) >= 11 is 0. The van der Waals surface area contributed by atoms with Crippen LogP contribution in [-0.4, -0.2) is 35.2 Å². The second kappa shape index (κ2) is 17.5. The van der Waals surface area contributed by atoms with Crippen LogP contribution in [0.15, 0.2) is 23.4 Å². The number of unbranched alkanes of at least 4 members (excludes halogenated alkanes) is 10. The number of allylic oxidation sites excluding steroid dienone is 2. The first-order valence-electron chi connectivity index (χ1n) is 11.1. The number of nitrogens with zero attached hydrogens (tertiary/aromatic N) is 1. The third kappa shape index (κ3) is 12.8. The van der Waals surface area contributed by atoms with Gasteiger partial charge in [-0.2, -0.15) is 0 Å². The van der Waals surface area contributed by atoms with Crippen LogP contribution in [0, 0.1) is 0 Å². The summed E-state index contributed by atoms with van der Waals surface area (Å²) in [5.41, 5.74) is 1.21. The standard InChI is InChI=1S/C23H39NO4.BrH/c1-3-5-6-7-8-9-10-11-12-13-14-15-22(25)28-19-24-17-16-20(4-2)21(18-24)23(26)27;/h16-17H,3-15,18-19H2,1-2H3,(H,26,27);1H. The Labute approximate surface area is 187 Å². The molecule has 0 amide bonds. The molecule has 1 aliphatic heterocycles. The fraction of sp³-hybridized carbons (Fsp3) is 0.739. The maximum atomic E-state index is 11.9. The molecule has 1 rings (SSSR count). The molecule has 0 aromatic rings. The van der Waals surface area contributed by atoms with Crippen molar-refractivity contribution in [3.05, 3.63) is 23.4 Å². The number of carboxylic acids is 1. The summed E-state index contributed by atoms with van der Waals surface area (Å²) in [5.74, 6) is -1.11. The fourth-order valence-corrected chi connectivity index (χ4v) is 3.44. The molecule has 0 fully saturated rings. The highest BCUT2D eigenvalue weighted by Crippen LogP contribution is 2.18. The minimum atomic E-state index is -0.904. The number of halogens is 1. The minimum Gasteiger partial charge on any atom is -0.478 e. The monoisotopic (exact) mass is 473 g/mol. The summed E-state index contributed by atoms with van der Waals surface area (Å²) in [5, 5.41) is 9.28. The maximum absolute atomic E-state index is 11.9. The number of carboxylic acid groups (broad SMARTS) is 1. The predicted molar refractivity (Wildman–Crippen MR) is 123 cm³/mol. The summed E-state index contributed by atoms with van der Waals surface area (Å²) in [6.45, 7) is 4.57. The molecular weight excluding hydrogens is 434 g/mol. The molecule has 0 saturated carbocycles. The van der Waals surface area contributed by atoms with Crippen LogP contribution in [0.3, 0.4) is 0 Å². The Balaban J connectivity index is 0.00000784. The maximum Gasteiger partial charge on any atom is 0.333 e. The van der Waals surface area contributed by atoms with Crippen LogP contribution in [-0.2, 0) is 14.3 Å². The number of carbonyl (C=O) groups excluding carboxylic acids is 1. The molecule has 0 spiro atoms.